The number of nitro groups is 1. The molecule has 3 atom stereocenters. The Labute approximate surface area is 185 Å². The highest BCUT2D eigenvalue weighted by Crippen LogP contribution is 2.44. The van der Waals surface area contributed by atoms with Gasteiger partial charge in [0.15, 0.2) is 0 Å². The standard InChI is InChI=1S/C25H22N4O3/c30-25(18-10-2-1-3-11-18)23(20-13-6-8-16-26-20)24(28-22-15-7-9-17-27-22)19-12-4-5-14-21(19)29(31)32/h1-17,23-25,30H,(H,27,28)/t23-,24+,25?/m0/s1. The number of aliphatic hydroxyl groups excluding tert-OH is 1. The van der Waals surface area contributed by atoms with Gasteiger partial charge in [-0.05, 0) is 29.8 Å². The molecule has 0 fully saturated rings. The van der Waals surface area contributed by atoms with E-state index in [9.17, 15) is 15.2 Å². The van der Waals surface area contributed by atoms with Crippen LogP contribution in [0.4, 0.5) is 11.5 Å². The molecular weight excluding hydrogens is 404 g/mol. The van der Waals surface area contributed by atoms with Gasteiger partial charge in [-0.3, -0.25) is 15.1 Å². The number of pyridine rings is 2. The van der Waals surface area contributed by atoms with Gasteiger partial charge in [-0.15, -0.1) is 0 Å². The second kappa shape index (κ2) is 9.80. The molecule has 4 aromatic rings. The molecule has 0 saturated heterocycles. The maximum atomic E-state index is 11.9. The van der Waals surface area contributed by atoms with Crippen molar-refractivity contribution in [2.45, 2.75) is 18.1 Å². The van der Waals surface area contributed by atoms with Crippen LogP contribution < -0.4 is 5.32 Å². The monoisotopic (exact) mass is 426 g/mol. The van der Waals surface area contributed by atoms with Crippen LogP contribution in [0.25, 0.3) is 0 Å². The van der Waals surface area contributed by atoms with E-state index >= 15 is 0 Å². The van der Waals surface area contributed by atoms with Gasteiger partial charge in [0, 0.05) is 24.2 Å². The fourth-order valence-corrected chi connectivity index (χ4v) is 3.83. The van der Waals surface area contributed by atoms with Crippen molar-refractivity contribution < 1.29 is 10.0 Å². The minimum Gasteiger partial charge on any atom is -0.388 e. The van der Waals surface area contributed by atoms with Crippen LogP contribution in [0, 0.1) is 10.1 Å². The summed E-state index contributed by atoms with van der Waals surface area (Å²) in [4.78, 5) is 20.3. The molecule has 0 bridgehead atoms. The average molecular weight is 426 g/mol. The molecule has 160 valence electrons. The molecule has 2 heterocycles. The SMILES string of the molecule is O=[N+]([O-])c1ccccc1[C@@H](Nc1ccccn1)[C@H](c1ccccn1)C(O)c1ccccc1. The van der Waals surface area contributed by atoms with E-state index in [-0.39, 0.29) is 5.69 Å². The van der Waals surface area contributed by atoms with Crippen molar-refractivity contribution in [2.75, 3.05) is 5.32 Å². The number of anilines is 1. The van der Waals surface area contributed by atoms with Crippen LogP contribution in [-0.2, 0) is 0 Å². The molecule has 0 radical (unpaired) electrons. The first kappa shape index (κ1) is 21.1. The van der Waals surface area contributed by atoms with Crippen molar-refractivity contribution in [1.82, 2.24) is 9.97 Å². The van der Waals surface area contributed by atoms with Gasteiger partial charge in [0.25, 0.3) is 5.69 Å². The first-order valence-electron chi connectivity index (χ1n) is 10.2. The minimum atomic E-state index is -0.980. The zero-order valence-electron chi connectivity index (χ0n) is 17.2. The van der Waals surface area contributed by atoms with Crippen molar-refractivity contribution in [3.63, 3.8) is 0 Å². The van der Waals surface area contributed by atoms with Crippen LogP contribution in [0.1, 0.15) is 34.9 Å². The van der Waals surface area contributed by atoms with E-state index in [4.69, 9.17) is 0 Å². The number of para-hydroxylation sites is 1. The third kappa shape index (κ3) is 4.63. The van der Waals surface area contributed by atoms with E-state index in [1.807, 2.05) is 48.5 Å². The van der Waals surface area contributed by atoms with Crippen LogP contribution in [0.3, 0.4) is 0 Å². The smallest absolute Gasteiger partial charge is 0.274 e. The Kier molecular flexibility index (Phi) is 6.48. The van der Waals surface area contributed by atoms with E-state index in [0.717, 1.165) is 0 Å². The molecule has 4 rings (SSSR count). The summed E-state index contributed by atoms with van der Waals surface area (Å²) in [6.07, 6.45) is 2.31. The molecule has 0 aliphatic rings. The summed E-state index contributed by atoms with van der Waals surface area (Å²) in [7, 11) is 0. The fourth-order valence-electron chi connectivity index (χ4n) is 3.83. The lowest BCUT2D eigenvalue weighted by Crippen LogP contribution is -2.26. The molecule has 0 aliphatic carbocycles. The van der Waals surface area contributed by atoms with Gasteiger partial charge in [0.1, 0.15) is 5.82 Å². The second-order valence-corrected chi connectivity index (χ2v) is 7.29. The molecule has 2 aromatic carbocycles. The Morgan fingerprint density at radius 1 is 0.812 bits per heavy atom. The number of nitro benzene ring substituents is 1. The van der Waals surface area contributed by atoms with E-state index in [1.54, 1.807) is 48.8 Å². The topological polar surface area (TPSA) is 101 Å². The molecule has 2 aromatic heterocycles. The summed E-state index contributed by atoms with van der Waals surface area (Å²) in [6.45, 7) is 0. The van der Waals surface area contributed by atoms with Crippen molar-refractivity contribution in [2.24, 2.45) is 0 Å². The van der Waals surface area contributed by atoms with Gasteiger partial charge in [0.05, 0.1) is 28.6 Å². The van der Waals surface area contributed by atoms with E-state index < -0.39 is 23.0 Å². The summed E-state index contributed by atoms with van der Waals surface area (Å²) in [5, 5.41) is 26.7. The zero-order chi connectivity index (χ0) is 22.3. The highest BCUT2D eigenvalue weighted by atomic mass is 16.6. The second-order valence-electron chi connectivity index (χ2n) is 7.29. The Hall–Kier alpha value is -4.10. The maximum absolute atomic E-state index is 11.9. The molecule has 0 amide bonds. The molecule has 7 nitrogen and oxygen atoms in total. The quantitative estimate of drug-likeness (QED) is 0.302. The van der Waals surface area contributed by atoms with Gasteiger partial charge in [-0.1, -0.05) is 60.7 Å². The molecule has 2 N–H and O–H groups in total. The van der Waals surface area contributed by atoms with Gasteiger partial charge in [-0.25, -0.2) is 4.98 Å². The summed E-state index contributed by atoms with van der Waals surface area (Å²) >= 11 is 0. The molecule has 0 spiro atoms. The first-order valence-corrected chi connectivity index (χ1v) is 10.2. The van der Waals surface area contributed by atoms with Crippen LogP contribution in [0.2, 0.25) is 0 Å². The Bertz CT molecular complexity index is 1160. The van der Waals surface area contributed by atoms with Crippen molar-refractivity contribution in [1.29, 1.82) is 0 Å². The average Bonchev–Trinajstić information content (AvgIpc) is 2.85. The number of hydrogen-bond acceptors (Lipinski definition) is 6. The Balaban J connectivity index is 1.89. The highest BCUT2D eigenvalue weighted by molar-refractivity contribution is 5.49. The van der Waals surface area contributed by atoms with Crippen LogP contribution in [0.5, 0.6) is 0 Å². The number of nitrogens with one attached hydrogen (secondary N) is 1. The van der Waals surface area contributed by atoms with E-state index in [0.29, 0.717) is 22.6 Å². The van der Waals surface area contributed by atoms with Gasteiger partial charge in [-0.2, -0.15) is 0 Å². The number of rotatable bonds is 8. The molecule has 32 heavy (non-hydrogen) atoms. The van der Waals surface area contributed by atoms with Gasteiger partial charge < -0.3 is 10.4 Å². The van der Waals surface area contributed by atoms with Crippen molar-refractivity contribution in [3.05, 3.63) is 130 Å². The highest BCUT2D eigenvalue weighted by Gasteiger charge is 2.36. The lowest BCUT2D eigenvalue weighted by atomic mass is 9.82. The fraction of sp³-hybridized carbons (Fsp3) is 0.120. The Morgan fingerprint density at radius 3 is 2.12 bits per heavy atom. The molecule has 7 heteroatoms. The van der Waals surface area contributed by atoms with Crippen LogP contribution in [-0.4, -0.2) is 20.0 Å². The van der Waals surface area contributed by atoms with Crippen molar-refractivity contribution >= 4 is 11.5 Å². The normalized spacial score (nSPS) is 13.7. The van der Waals surface area contributed by atoms with Crippen LogP contribution >= 0.6 is 0 Å². The third-order valence-electron chi connectivity index (χ3n) is 5.31. The zero-order valence-corrected chi connectivity index (χ0v) is 17.2. The lowest BCUT2D eigenvalue weighted by molar-refractivity contribution is -0.385. The van der Waals surface area contributed by atoms with Crippen molar-refractivity contribution in [3.8, 4) is 0 Å². The molecule has 0 saturated carbocycles. The summed E-state index contributed by atoms with van der Waals surface area (Å²) in [5.41, 5.74) is 1.70. The summed E-state index contributed by atoms with van der Waals surface area (Å²) < 4.78 is 0. The predicted octanol–water partition coefficient (Wildman–Crippen LogP) is 5.06. The van der Waals surface area contributed by atoms with E-state index in [1.165, 1.54) is 6.07 Å². The van der Waals surface area contributed by atoms with E-state index in [2.05, 4.69) is 15.3 Å². The third-order valence-corrected chi connectivity index (χ3v) is 5.31. The summed E-state index contributed by atoms with van der Waals surface area (Å²) in [6, 6.07) is 25.9. The molecular formula is C25H22N4O3. The Morgan fingerprint density at radius 2 is 1.47 bits per heavy atom. The maximum Gasteiger partial charge on any atom is 0.274 e. The van der Waals surface area contributed by atoms with Gasteiger partial charge >= 0.3 is 0 Å². The lowest BCUT2D eigenvalue weighted by Gasteiger charge is -2.32. The minimum absolute atomic E-state index is 0.0397. The first-order chi connectivity index (χ1) is 15.6. The number of benzene rings is 2. The number of hydrogen-bond donors (Lipinski definition) is 2. The molecule has 1 unspecified atom stereocenters. The number of aliphatic hydroxyl groups is 1. The predicted molar refractivity (Wildman–Crippen MR) is 122 cm³/mol. The number of aromatic nitrogens is 2. The van der Waals surface area contributed by atoms with Crippen LogP contribution in [0.15, 0.2) is 103 Å². The summed E-state index contributed by atoms with van der Waals surface area (Å²) in [5.74, 6) is -0.0986. The molecule has 0 aliphatic heterocycles. The van der Waals surface area contributed by atoms with Gasteiger partial charge in [0.2, 0.25) is 0 Å². The number of nitrogens with zero attached hydrogens (tertiary/aromatic N) is 3. The largest absolute Gasteiger partial charge is 0.388 e.